The van der Waals surface area contributed by atoms with E-state index in [4.69, 9.17) is 0 Å². The van der Waals surface area contributed by atoms with E-state index >= 15 is 0 Å². The first-order valence-corrected chi connectivity index (χ1v) is 25.5. The normalized spacial score (nSPS) is 13.4. The Morgan fingerprint density at radius 1 is 0.397 bits per heavy atom. The fraction of sp³-hybridized carbons (Fsp3) is 0.387. The molecule has 9 nitrogen and oxygen atoms in total. The van der Waals surface area contributed by atoms with Crippen molar-refractivity contribution in [2.75, 3.05) is 62.2 Å². The van der Waals surface area contributed by atoms with Crippen molar-refractivity contribution in [3.63, 3.8) is 0 Å². The largest absolute Gasteiger partial charge is 3.00 e. The molecule has 0 unspecified atom stereocenters. The van der Waals surface area contributed by atoms with Crippen molar-refractivity contribution in [2.45, 2.75) is 106 Å². The number of anilines is 2. The van der Waals surface area contributed by atoms with Crippen LogP contribution >= 0.6 is 0 Å². The summed E-state index contributed by atoms with van der Waals surface area (Å²) in [6.45, 7) is 31.5. The first kappa shape index (κ1) is 63.9. The first-order valence-electron chi connectivity index (χ1n) is 25.5. The molecule has 9 rings (SSSR count). The third-order valence-electron chi connectivity index (χ3n) is 12.8. The van der Waals surface area contributed by atoms with Crippen molar-refractivity contribution in [1.29, 1.82) is 0 Å². The molecule has 2 saturated heterocycles. The Hall–Kier alpha value is -5.20. The van der Waals surface area contributed by atoms with E-state index < -0.39 is 0 Å². The van der Waals surface area contributed by atoms with Gasteiger partial charge in [-0.2, -0.15) is 12.4 Å². The zero-order valence-corrected chi connectivity index (χ0v) is 47.8. The van der Waals surface area contributed by atoms with E-state index in [1.165, 1.54) is 33.9 Å². The first-order chi connectivity index (χ1) is 33.7. The number of hydrogen-bond acceptors (Lipinski definition) is 6. The number of rotatable bonds is 10. The van der Waals surface area contributed by atoms with Gasteiger partial charge in [-0.25, -0.2) is 0 Å². The van der Waals surface area contributed by atoms with Crippen LogP contribution in [0.3, 0.4) is 0 Å². The number of aromatic nitrogens is 2. The molecule has 0 amide bonds. The third kappa shape index (κ3) is 21.3. The quantitative estimate of drug-likeness (QED) is 0.124. The minimum atomic E-state index is 0. The van der Waals surface area contributed by atoms with E-state index in [1.54, 1.807) is 0 Å². The van der Waals surface area contributed by atoms with Gasteiger partial charge in [0.1, 0.15) is 0 Å². The molecule has 0 aliphatic carbocycles. The van der Waals surface area contributed by atoms with Gasteiger partial charge < -0.3 is 35.5 Å². The molecular formula is C62H80Al2N6O3. The molecule has 2 aliphatic heterocycles. The molecule has 0 N–H and O–H groups in total. The van der Waals surface area contributed by atoms with Gasteiger partial charge in [0, 0.05) is 76.8 Å². The number of hydrogen-bond donors (Lipinski definition) is 0. The van der Waals surface area contributed by atoms with E-state index in [0.29, 0.717) is 23.7 Å². The molecule has 382 valence electrons. The van der Waals surface area contributed by atoms with Gasteiger partial charge in [0.25, 0.3) is 0 Å². The van der Waals surface area contributed by atoms with E-state index in [-0.39, 0.29) is 51.7 Å². The van der Waals surface area contributed by atoms with Gasteiger partial charge in [0.05, 0.1) is 0 Å². The minimum Gasteiger partial charge on any atom is -2.00 e. The molecule has 2 fully saturated rings. The van der Waals surface area contributed by atoms with Gasteiger partial charge in [-0.3, -0.25) is 9.80 Å². The average Bonchev–Trinajstić information content (AvgIpc) is 4.08. The summed E-state index contributed by atoms with van der Waals surface area (Å²) in [6, 6.07) is 49.7. The molecule has 0 saturated carbocycles. The summed E-state index contributed by atoms with van der Waals surface area (Å²) in [7, 11) is 0. The molecular weight excluding hydrogens is 931 g/mol. The van der Waals surface area contributed by atoms with Gasteiger partial charge in [-0.15, -0.1) is 22.9 Å². The van der Waals surface area contributed by atoms with Crippen LogP contribution in [0.4, 0.5) is 11.4 Å². The minimum absolute atomic E-state index is 0. The summed E-state index contributed by atoms with van der Waals surface area (Å²) in [5.41, 5.74) is 11.5. The summed E-state index contributed by atoms with van der Waals surface area (Å²) in [5.74, 6) is 1.76. The predicted octanol–water partition coefficient (Wildman–Crippen LogP) is 11.4. The molecule has 0 bridgehead atoms. The van der Waals surface area contributed by atoms with Gasteiger partial charge >= 0.3 is 34.7 Å². The monoisotopic (exact) mass is 1010 g/mol. The summed E-state index contributed by atoms with van der Waals surface area (Å²) in [4.78, 5) is 18.5. The van der Waals surface area contributed by atoms with Gasteiger partial charge in [0.2, 0.25) is 0 Å². The van der Waals surface area contributed by atoms with Crippen LogP contribution in [0.5, 0.6) is 11.5 Å². The number of nitrogens with zero attached hydrogens (tertiary/aromatic N) is 6. The Morgan fingerprint density at radius 3 is 0.945 bits per heavy atom. The zero-order chi connectivity index (χ0) is 50.4. The van der Waals surface area contributed by atoms with E-state index in [0.717, 1.165) is 87.7 Å². The van der Waals surface area contributed by atoms with Crippen molar-refractivity contribution in [3.8, 4) is 11.5 Å². The van der Waals surface area contributed by atoms with E-state index in [1.807, 2.05) is 60.9 Å². The van der Waals surface area contributed by atoms with Crippen molar-refractivity contribution in [2.24, 2.45) is 0 Å². The molecule has 11 heteroatoms. The Labute approximate surface area is 461 Å². The Morgan fingerprint density at radius 2 is 0.699 bits per heavy atom. The van der Waals surface area contributed by atoms with Crippen molar-refractivity contribution < 1.29 is 15.7 Å². The third-order valence-corrected chi connectivity index (χ3v) is 12.8. The number of aryl methyl sites for hydroxylation is 2. The number of piperazine rings is 2. The fourth-order valence-corrected chi connectivity index (χ4v) is 8.70. The summed E-state index contributed by atoms with van der Waals surface area (Å²) in [6.07, 6.45) is 3.74. The smallest absolute Gasteiger partial charge is 2.00 e. The second-order valence-corrected chi connectivity index (χ2v) is 19.8. The van der Waals surface area contributed by atoms with Crippen LogP contribution in [0.1, 0.15) is 124 Å². The summed E-state index contributed by atoms with van der Waals surface area (Å²) in [5, 5.41) is 23.7. The second-order valence-electron chi connectivity index (χ2n) is 19.8. The van der Waals surface area contributed by atoms with Crippen LogP contribution in [-0.4, -0.2) is 96.9 Å². The van der Waals surface area contributed by atoms with Crippen LogP contribution in [-0.2, 0) is 18.6 Å². The van der Waals surface area contributed by atoms with Crippen LogP contribution in [0.2, 0.25) is 0 Å². The number of benzene rings is 5. The van der Waals surface area contributed by atoms with Crippen molar-refractivity contribution >= 4 is 46.1 Å². The molecule has 5 aromatic carbocycles. The molecule has 0 radical (unpaired) electrons. The van der Waals surface area contributed by atoms with Crippen LogP contribution in [0.15, 0.2) is 158 Å². The van der Waals surface area contributed by atoms with Crippen LogP contribution in [0.25, 0.3) is 0 Å². The van der Waals surface area contributed by atoms with Crippen molar-refractivity contribution in [1.82, 2.24) is 19.8 Å². The Kier molecular flexibility index (Phi) is 29.4. The molecule has 4 heterocycles. The number of para-hydroxylation sites is 4. The molecule has 2 aromatic heterocycles. The van der Waals surface area contributed by atoms with Gasteiger partial charge in [-0.05, 0) is 61.8 Å². The van der Waals surface area contributed by atoms with Crippen LogP contribution in [0, 0.1) is 13.8 Å². The standard InChI is InChI=1S/2C15H18N3.2C12H18O.C8H10.2Al.O/c2*1-2-6-15(7-3-1)18-11-9-17(10-12-18)13-14-5-4-8-16-14;2*1-8(2)10-6-5-7-11(9(3)4)12(10)13;1-7-4-3-5-8(2)6-7;;;/h2*1-8H,9-13H2;2*5-9,13H,1-4H3;3-6H,1-2H3;;;/q2*-1;;;;2*+3;-2/p-2. The predicted molar refractivity (Wildman–Crippen MR) is 304 cm³/mol. The fourth-order valence-electron chi connectivity index (χ4n) is 8.70. The molecule has 2 aliphatic rings. The van der Waals surface area contributed by atoms with E-state index in [9.17, 15) is 10.2 Å². The van der Waals surface area contributed by atoms with E-state index in [2.05, 4.69) is 196 Å². The molecule has 0 spiro atoms. The summed E-state index contributed by atoms with van der Waals surface area (Å²) < 4.78 is 0. The summed E-state index contributed by atoms with van der Waals surface area (Å²) >= 11 is 0. The van der Waals surface area contributed by atoms with Gasteiger partial charge in [-0.1, -0.05) is 210 Å². The molecule has 0 atom stereocenters. The second kappa shape index (κ2) is 33.6. The van der Waals surface area contributed by atoms with Crippen LogP contribution < -0.4 is 30.0 Å². The Balaban J connectivity index is 0.000000317. The maximum absolute atomic E-state index is 11.9. The molecule has 73 heavy (non-hydrogen) atoms. The van der Waals surface area contributed by atoms with Crippen molar-refractivity contribution in [3.05, 3.63) is 203 Å². The average molecular weight is 1010 g/mol. The zero-order valence-electron chi connectivity index (χ0n) is 45.5. The maximum Gasteiger partial charge on any atom is 3.00 e. The SMILES string of the molecule is CC(C)c1cccc(C(C)C)c1[O-].CC(C)c1cccc(C(C)C)c1[O-].Cc1cccc(C)c1.[Al+3].[Al+3].[O-2].c1ccc(N2CCN(Cc3ccc[n-]3)CC2)cc1.c1ccc(N2CCN(Cc3ccc[n-]3)CC2)cc1. The Bertz CT molecular complexity index is 2260. The topological polar surface area (TPSA) is 116 Å². The molecule has 7 aromatic rings. The maximum atomic E-state index is 11.9. The van der Waals surface area contributed by atoms with Gasteiger partial charge in [0.15, 0.2) is 0 Å².